The monoisotopic (exact) mass is 313 g/mol. The molecule has 0 aromatic rings. The summed E-state index contributed by atoms with van der Waals surface area (Å²) in [6.45, 7) is 5.10. The summed E-state index contributed by atoms with van der Waals surface area (Å²) in [6, 6.07) is -2.05. The Morgan fingerprint density at radius 3 is 2.50 bits per heavy atom. The summed E-state index contributed by atoms with van der Waals surface area (Å²) in [5.41, 5.74) is -0.661. The highest BCUT2D eigenvalue weighted by Gasteiger charge is 2.29. The zero-order valence-corrected chi connectivity index (χ0v) is 12.9. The SMILES string of the molecule is CC(C)(C)OC(=O)CCC(NC(=O)C1CCC(=O)N1)C(=O)[O-]. The Hall–Kier alpha value is -2.12. The molecular formula is C14H21N2O6-. The van der Waals surface area contributed by atoms with Crippen LogP contribution in [-0.4, -0.2) is 41.4 Å². The number of carbonyl (C=O) groups is 4. The van der Waals surface area contributed by atoms with Crippen LogP contribution < -0.4 is 15.7 Å². The molecule has 1 aliphatic rings. The van der Waals surface area contributed by atoms with Gasteiger partial charge in [-0.25, -0.2) is 0 Å². The van der Waals surface area contributed by atoms with Crippen LogP contribution in [0.5, 0.6) is 0 Å². The third kappa shape index (κ3) is 6.11. The molecule has 0 radical (unpaired) electrons. The fourth-order valence-corrected chi connectivity index (χ4v) is 1.99. The quantitative estimate of drug-likeness (QED) is 0.582. The summed E-state index contributed by atoms with van der Waals surface area (Å²) in [5, 5.41) is 15.8. The first-order valence-corrected chi connectivity index (χ1v) is 7.11. The van der Waals surface area contributed by atoms with E-state index in [1.54, 1.807) is 20.8 Å². The first-order chi connectivity index (χ1) is 10.1. The van der Waals surface area contributed by atoms with Crippen molar-refractivity contribution in [2.24, 2.45) is 0 Å². The molecule has 1 heterocycles. The number of hydrogen-bond donors (Lipinski definition) is 2. The van der Waals surface area contributed by atoms with Gasteiger partial charge in [0.15, 0.2) is 0 Å². The Bertz CT molecular complexity index is 468. The summed E-state index contributed by atoms with van der Waals surface area (Å²) in [7, 11) is 0. The third-order valence-corrected chi connectivity index (χ3v) is 2.97. The number of amides is 2. The predicted molar refractivity (Wildman–Crippen MR) is 73.2 cm³/mol. The van der Waals surface area contributed by atoms with Gasteiger partial charge in [0, 0.05) is 12.8 Å². The van der Waals surface area contributed by atoms with E-state index in [-0.39, 0.29) is 25.2 Å². The lowest BCUT2D eigenvalue weighted by molar-refractivity contribution is -0.308. The van der Waals surface area contributed by atoms with Crippen molar-refractivity contribution in [3.8, 4) is 0 Å². The van der Waals surface area contributed by atoms with E-state index < -0.39 is 35.5 Å². The number of esters is 1. The normalized spacial score (nSPS) is 19.2. The average molecular weight is 313 g/mol. The highest BCUT2D eigenvalue weighted by molar-refractivity contribution is 5.92. The molecule has 1 aliphatic heterocycles. The zero-order chi connectivity index (χ0) is 16.9. The minimum atomic E-state index is -1.48. The van der Waals surface area contributed by atoms with Crippen molar-refractivity contribution in [2.45, 2.75) is 64.1 Å². The molecule has 2 amide bonds. The summed E-state index contributed by atoms with van der Waals surface area (Å²) in [4.78, 5) is 45.5. The van der Waals surface area contributed by atoms with Crippen LogP contribution >= 0.6 is 0 Å². The molecule has 2 N–H and O–H groups in total. The number of hydrogen-bond acceptors (Lipinski definition) is 6. The van der Waals surface area contributed by atoms with E-state index in [0.717, 1.165) is 0 Å². The lowest BCUT2D eigenvalue weighted by Gasteiger charge is -2.23. The van der Waals surface area contributed by atoms with E-state index in [0.29, 0.717) is 6.42 Å². The maximum Gasteiger partial charge on any atom is 0.306 e. The molecule has 2 atom stereocenters. The zero-order valence-electron chi connectivity index (χ0n) is 12.9. The smallest absolute Gasteiger partial charge is 0.306 e. The second kappa shape index (κ2) is 7.24. The van der Waals surface area contributed by atoms with Crippen LogP contribution in [0, 0.1) is 0 Å². The van der Waals surface area contributed by atoms with Crippen molar-refractivity contribution >= 4 is 23.8 Å². The molecule has 8 nitrogen and oxygen atoms in total. The molecule has 22 heavy (non-hydrogen) atoms. The Morgan fingerprint density at radius 1 is 1.41 bits per heavy atom. The van der Waals surface area contributed by atoms with Crippen LogP contribution in [0.25, 0.3) is 0 Å². The molecule has 1 saturated heterocycles. The van der Waals surface area contributed by atoms with Gasteiger partial charge in [-0.15, -0.1) is 0 Å². The number of aliphatic carboxylic acids is 1. The molecule has 0 aromatic carbocycles. The molecule has 8 heteroatoms. The number of carboxylic acids is 1. The molecule has 124 valence electrons. The van der Waals surface area contributed by atoms with Crippen molar-refractivity contribution in [1.82, 2.24) is 10.6 Å². The Balaban J connectivity index is 2.48. The average Bonchev–Trinajstić information content (AvgIpc) is 2.78. The third-order valence-electron chi connectivity index (χ3n) is 2.97. The van der Waals surface area contributed by atoms with Crippen LogP contribution in [0.1, 0.15) is 46.5 Å². The van der Waals surface area contributed by atoms with E-state index in [9.17, 15) is 24.3 Å². The number of nitrogens with one attached hydrogen (secondary N) is 2. The van der Waals surface area contributed by atoms with Crippen molar-refractivity contribution in [3.63, 3.8) is 0 Å². The van der Waals surface area contributed by atoms with Crippen molar-refractivity contribution in [1.29, 1.82) is 0 Å². The first-order valence-electron chi connectivity index (χ1n) is 7.11. The fraction of sp³-hybridized carbons (Fsp3) is 0.714. The Morgan fingerprint density at radius 2 is 2.05 bits per heavy atom. The largest absolute Gasteiger partial charge is 0.548 e. The van der Waals surface area contributed by atoms with Gasteiger partial charge in [-0.2, -0.15) is 0 Å². The molecular weight excluding hydrogens is 292 g/mol. The molecule has 0 spiro atoms. The van der Waals surface area contributed by atoms with E-state index in [2.05, 4.69) is 10.6 Å². The van der Waals surface area contributed by atoms with Gasteiger partial charge in [-0.1, -0.05) is 0 Å². The number of carbonyl (C=O) groups excluding carboxylic acids is 4. The van der Waals surface area contributed by atoms with Crippen LogP contribution in [-0.2, 0) is 23.9 Å². The van der Waals surface area contributed by atoms with Gasteiger partial charge >= 0.3 is 5.97 Å². The highest BCUT2D eigenvalue weighted by Crippen LogP contribution is 2.11. The summed E-state index contributed by atoms with van der Waals surface area (Å²) in [6.07, 6.45) is 0.249. The number of carboxylic acid groups (broad SMARTS) is 1. The molecule has 0 aromatic heterocycles. The lowest BCUT2D eigenvalue weighted by atomic mass is 10.1. The van der Waals surface area contributed by atoms with Gasteiger partial charge in [0.2, 0.25) is 11.8 Å². The number of ether oxygens (including phenoxy) is 1. The van der Waals surface area contributed by atoms with E-state index in [4.69, 9.17) is 4.74 Å². The summed E-state index contributed by atoms with van der Waals surface area (Å²) < 4.78 is 5.06. The molecule has 1 rings (SSSR count). The van der Waals surface area contributed by atoms with E-state index in [1.165, 1.54) is 0 Å². The van der Waals surface area contributed by atoms with E-state index in [1.807, 2.05) is 0 Å². The number of rotatable bonds is 6. The van der Waals surface area contributed by atoms with Crippen molar-refractivity contribution < 1.29 is 29.0 Å². The minimum absolute atomic E-state index is 0.135. The summed E-state index contributed by atoms with van der Waals surface area (Å²) >= 11 is 0. The second-order valence-corrected chi connectivity index (χ2v) is 6.16. The van der Waals surface area contributed by atoms with Gasteiger partial charge < -0.3 is 25.3 Å². The molecule has 0 saturated carbocycles. The lowest BCUT2D eigenvalue weighted by Crippen LogP contribution is -2.52. The van der Waals surface area contributed by atoms with Crippen LogP contribution in [0.4, 0.5) is 0 Å². The molecule has 0 bridgehead atoms. The van der Waals surface area contributed by atoms with Gasteiger partial charge in [0.05, 0.1) is 12.0 Å². The maximum absolute atomic E-state index is 11.8. The standard InChI is InChI=1S/C14H22N2O6/c1-14(2,3)22-11(18)7-5-9(13(20)21)16-12(19)8-4-6-10(17)15-8/h8-9H,4-7H2,1-3H3,(H,15,17)(H,16,19)(H,20,21)/p-1. The fourth-order valence-electron chi connectivity index (χ4n) is 1.99. The van der Waals surface area contributed by atoms with Gasteiger partial charge in [-0.3, -0.25) is 14.4 Å². The predicted octanol–water partition coefficient (Wildman–Crippen LogP) is -1.38. The van der Waals surface area contributed by atoms with Crippen LogP contribution in [0.2, 0.25) is 0 Å². The topological polar surface area (TPSA) is 125 Å². The van der Waals surface area contributed by atoms with Crippen molar-refractivity contribution in [3.05, 3.63) is 0 Å². The van der Waals surface area contributed by atoms with Crippen LogP contribution in [0.3, 0.4) is 0 Å². The van der Waals surface area contributed by atoms with Gasteiger partial charge in [0.25, 0.3) is 0 Å². The van der Waals surface area contributed by atoms with Gasteiger partial charge in [0.1, 0.15) is 11.6 Å². The highest BCUT2D eigenvalue weighted by atomic mass is 16.6. The van der Waals surface area contributed by atoms with Crippen molar-refractivity contribution in [2.75, 3.05) is 0 Å². The minimum Gasteiger partial charge on any atom is -0.548 e. The van der Waals surface area contributed by atoms with Crippen LogP contribution in [0.15, 0.2) is 0 Å². The Kier molecular flexibility index (Phi) is 5.90. The first kappa shape index (κ1) is 17.9. The maximum atomic E-state index is 11.8. The molecule has 0 aliphatic carbocycles. The molecule has 1 fully saturated rings. The summed E-state index contributed by atoms with van der Waals surface area (Å²) in [5.74, 6) is -2.88. The van der Waals surface area contributed by atoms with E-state index >= 15 is 0 Å². The molecule has 2 unspecified atom stereocenters. The Labute approximate surface area is 128 Å². The second-order valence-electron chi connectivity index (χ2n) is 6.16. The van der Waals surface area contributed by atoms with Gasteiger partial charge in [-0.05, 0) is 33.6 Å².